The molecule has 2 aromatic heterocycles. The second kappa shape index (κ2) is 8.60. The zero-order valence-electron chi connectivity index (χ0n) is 14.4. The molecule has 1 saturated heterocycles. The van der Waals surface area contributed by atoms with Crippen LogP contribution in [0.1, 0.15) is 23.1 Å². The van der Waals surface area contributed by atoms with Gasteiger partial charge in [0.25, 0.3) is 0 Å². The summed E-state index contributed by atoms with van der Waals surface area (Å²) in [7, 11) is 0. The molecule has 0 bridgehead atoms. The predicted octanol–water partition coefficient (Wildman–Crippen LogP) is 2.19. The number of nitrogens with one attached hydrogen (secondary N) is 1. The van der Waals surface area contributed by atoms with Crippen LogP contribution in [-0.2, 0) is 9.53 Å². The number of aromatic nitrogens is 1. The van der Waals surface area contributed by atoms with Gasteiger partial charge in [-0.15, -0.1) is 0 Å². The maximum absolute atomic E-state index is 12.1. The van der Waals surface area contributed by atoms with Crippen LogP contribution in [0.15, 0.2) is 47.2 Å². The minimum atomic E-state index is -0.134. The standard InChI is InChI=1S/C19H23N3O3/c1-15-4-6-18(25-15)17(22-9-11-24-12-10-22)14-21-19(23)7-5-16-3-2-8-20-13-16/h2-8,13,17H,9-12,14H2,1H3,(H,21,23)/b7-5+. The molecule has 0 aliphatic carbocycles. The van der Waals surface area contributed by atoms with E-state index in [-0.39, 0.29) is 11.9 Å². The van der Waals surface area contributed by atoms with Crippen LogP contribution in [0.5, 0.6) is 0 Å². The Labute approximate surface area is 147 Å². The molecule has 0 radical (unpaired) electrons. The van der Waals surface area contributed by atoms with Gasteiger partial charge >= 0.3 is 0 Å². The molecule has 1 atom stereocenters. The molecule has 1 amide bonds. The molecular weight excluding hydrogens is 318 g/mol. The third kappa shape index (κ3) is 5.01. The number of carbonyl (C=O) groups is 1. The molecule has 3 heterocycles. The Balaban J connectivity index is 1.61. The van der Waals surface area contributed by atoms with Crippen LogP contribution < -0.4 is 5.32 Å². The third-order valence-corrected chi connectivity index (χ3v) is 4.16. The van der Waals surface area contributed by atoms with Gasteiger partial charge in [-0.1, -0.05) is 6.07 Å². The van der Waals surface area contributed by atoms with E-state index in [1.165, 1.54) is 6.08 Å². The van der Waals surface area contributed by atoms with Crippen molar-refractivity contribution in [2.75, 3.05) is 32.8 Å². The zero-order valence-corrected chi connectivity index (χ0v) is 14.4. The number of pyridine rings is 1. The van der Waals surface area contributed by atoms with Crippen LogP contribution in [0, 0.1) is 6.92 Å². The molecule has 25 heavy (non-hydrogen) atoms. The Morgan fingerprint density at radius 1 is 1.36 bits per heavy atom. The average Bonchev–Trinajstić information content (AvgIpc) is 3.08. The summed E-state index contributed by atoms with van der Waals surface area (Å²) in [6, 6.07) is 7.68. The van der Waals surface area contributed by atoms with Gasteiger partial charge in [0.1, 0.15) is 11.5 Å². The lowest BCUT2D eigenvalue weighted by Crippen LogP contribution is -2.43. The predicted molar refractivity (Wildman–Crippen MR) is 94.9 cm³/mol. The largest absolute Gasteiger partial charge is 0.465 e. The van der Waals surface area contributed by atoms with E-state index in [4.69, 9.17) is 9.15 Å². The summed E-state index contributed by atoms with van der Waals surface area (Å²) in [6.45, 7) is 5.46. The van der Waals surface area contributed by atoms with Gasteiger partial charge in [0, 0.05) is 38.1 Å². The lowest BCUT2D eigenvalue weighted by Gasteiger charge is -2.33. The van der Waals surface area contributed by atoms with Crippen molar-refractivity contribution in [2.45, 2.75) is 13.0 Å². The van der Waals surface area contributed by atoms with E-state index in [1.807, 2.05) is 31.2 Å². The first-order chi connectivity index (χ1) is 12.2. The van der Waals surface area contributed by atoms with Crippen LogP contribution in [0.2, 0.25) is 0 Å². The fourth-order valence-corrected chi connectivity index (χ4v) is 2.83. The number of nitrogens with zero attached hydrogens (tertiary/aromatic N) is 2. The van der Waals surface area contributed by atoms with E-state index in [9.17, 15) is 4.79 Å². The van der Waals surface area contributed by atoms with E-state index < -0.39 is 0 Å². The maximum Gasteiger partial charge on any atom is 0.244 e. The minimum Gasteiger partial charge on any atom is -0.465 e. The number of carbonyl (C=O) groups excluding carboxylic acids is 1. The number of ether oxygens (including phenoxy) is 1. The van der Waals surface area contributed by atoms with Gasteiger partial charge in [-0.3, -0.25) is 14.7 Å². The number of hydrogen-bond acceptors (Lipinski definition) is 5. The summed E-state index contributed by atoms with van der Waals surface area (Å²) < 4.78 is 11.2. The fraction of sp³-hybridized carbons (Fsp3) is 0.368. The fourth-order valence-electron chi connectivity index (χ4n) is 2.83. The quantitative estimate of drug-likeness (QED) is 0.816. The molecule has 0 spiro atoms. The summed E-state index contributed by atoms with van der Waals surface area (Å²) in [4.78, 5) is 18.5. The lowest BCUT2D eigenvalue weighted by atomic mass is 10.1. The van der Waals surface area contributed by atoms with Crippen molar-refractivity contribution in [3.05, 3.63) is 59.8 Å². The molecule has 2 aromatic rings. The Morgan fingerprint density at radius 3 is 2.88 bits per heavy atom. The first kappa shape index (κ1) is 17.4. The third-order valence-electron chi connectivity index (χ3n) is 4.16. The van der Waals surface area contributed by atoms with Crippen molar-refractivity contribution in [3.8, 4) is 0 Å². The summed E-state index contributed by atoms with van der Waals surface area (Å²) in [5.41, 5.74) is 0.893. The van der Waals surface area contributed by atoms with Crippen molar-refractivity contribution >= 4 is 12.0 Å². The molecule has 6 nitrogen and oxygen atoms in total. The highest BCUT2D eigenvalue weighted by molar-refractivity contribution is 5.91. The van der Waals surface area contributed by atoms with Gasteiger partial charge in [0.15, 0.2) is 0 Å². The molecule has 1 N–H and O–H groups in total. The number of amides is 1. The molecule has 1 fully saturated rings. The van der Waals surface area contributed by atoms with Crippen LogP contribution in [-0.4, -0.2) is 48.6 Å². The first-order valence-corrected chi connectivity index (χ1v) is 8.46. The van der Waals surface area contributed by atoms with Crippen LogP contribution >= 0.6 is 0 Å². The highest BCUT2D eigenvalue weighted by atomic mass is 16.5. The Hall–Kier alpha value is -2.44. The summed E-state index contributed by atoms with van der Waals surface area (Å²) in [5, 5.41) is 2.97. The van der Waals surface area contributed by atoms with Crippen molar-refractivity contribution in [3.63, 3.8) is 0 Å². The Kier molecular flexibility index (Phi) is 5.98. The number of morpholine rings is 1. The van der Waals surface area contributed by atoms with Crippen LogP contribution in [0.4, 0.5) is 0 Å². The number of furan rings is 1. The number of hydrogen-bond donors (Lipinski definition) is 1. The molecule has 6 heteroatoms. The molecule has 132 valence electrons. The highest BCUT2D eigenvalue weighted by Crippen LogP contribution is 2.23. The molecule has 1 aliphatic heterocycles. The molecule has 0 aromatic carbocycles. The van der Waals surface area contributed by atoms with Crippen LogP contribution in [0.3, 0.4) is 0 Å². The van der Waals surface area contributed by atoms with Crippen molar-refractivity contribution in [2.24, 2.45) is 0 Å². The van der Waals surface area contributed by atoms with Gasteiger partial charge in [0.2, 0.25) is 5.91 Å². The molecule has 1 aliphatic rings. The zero-order chi connectivity index (χ0) is 17.5. The van der Waals surface area contributed by atoms with Crippen molar-refractivity contribution < 1.29 is 13.9 Å². The normalized spacial score (nSPS) is 16.8. The minimum absolute atomic E-state index is 0.00772. The number of rotatable bonds is 6. The Morgan fingerprint density at radius 2 is 2.20 bits per heavy atom. The first-order valence-electron chi connectivity index (χ1n) is 8.46. The summed E-state index contributed by atoms with van der Waals surface area (Å²) >= 11 is 0. The highest BCUT2D eigenvalue weighted by Gasteiger charge is 2.25. The monoisotopic (exact) mass is 341 g/mol. The molecule has 0 saturated carbocycles. The van der Waals surface area contributed by atoms with Gasteiger partial charge in [-0.2, -0.15) is 0 Å². The van der Waals surface area contributed by atoms with E-state index in [2.05, 4.69) is 15.2 Å². The van der Waals surface area contributed by atoms with E-state index in [1.54, 1.807) is 18.5 Å². The van der Waals surface area contributed by atoms with E-state index in [0.717, 1.165) is 30.2 Å². The van der Waals surface area contributed by atoms with Crippen molar-refractivity contribution in [1.82, 2.24) is 15.2 Å². The van der Waals surface area contributed by atoms with E-state index >= 15 is 0 Å². The average molecular weight is 341 g/mol. The SMILES string of the molecule is Cc1ccc(C(CNC(=O)/C=C/c2cccnc2)N2CCOCC2)o1. The smallest absolute Gasteiger partial charge is 0.244 e. The van der Waals surface area contributed by atoms with Gasteiger partial charge < -0.3 is 14.5 Å². The van der Waals surface area contributed by atoms with Gasteiger partial charge in [0.05, 0.1) is 19.3 Å². The summed E-state index contributed by atoms with van der Waals surface area (Å²) in [5.74, 6) is 1.61. The lowest BCUT2D eigenvalue weighted by molar-refractivity contribution is -0.116. The molecular formula is C19H23N3O3. The van der Waals surface area contributed by atoms with Gasteiger partial charge in [-0.05, 0) is 36.8 Å². The second-order valence-electron chi connectivity index (χ2n) is 5.98. The topological polar surface area (TPSA) is 67.6 Å². The second-order valence-corrected chi connectivity index (χ2v) is 5.98. The summed E-state index contributed by atoms with van der Waals surface area (Å²) in [6.07, 6.45) is 6.70. The number of aryl methyl sites for hydroxylation is 1. The molecule has 1 unspecified atom stereocenters. The van der Waals surface area contributed by atoms with Crippen LogP contribution in [0.25, 0.3) is 6.08 Å². The van der Waals surface area contributed by atoms with E-state index in [0.29, 0.717) is 19.8 Å². The molecule has 3 rings (SSSR count). The Bertz CT molecular complexity index is 706. The maximum atomic E-state index is 12.1. The van der Waals surface area contributed by atoms with Crippen molar-refractivity contribution in [1.29, 1.82) is 0 Å². The van der Waals surface area contributed by atoms with Gasteiger partial charge in [-0.25, -0.2) is 0 Å².